The average molecular weight is 689 g/mol. The summed E-state index contributed by atoms with van der Waals surface area (Å²) in [6.45, 7) is 8.98. The standard InChI is InChI=1S/C34H44F4N8O3/c1-5-20-14-46-23(13-40-20)19(3)49-31-25-29(27(35)28(42-31)22-12-24(39)41-18(2)26(22)34(36,37)38)43-32(44-30(25)46)48-17-33(9-10-33)16-45(4)15-21-8-6-7-11-47-21/h12,19-21,23,40H,5-11,13-17H2,1-4H3,(H2,39,41)/t19-,20+,21?,23-/m0/s1. The number of piperazine rings is 1. The lowest BCUT2D eigenvalue weighted by Gasteiger charge is -2.42. The largest absolute Gasteiger partial charge is 0.472 e. The van der Waals surface area contributed by atoms with E-state index in [4.69, 9.17) is 24.9 Å². The van der Waals surface area contributed by atoms with E-state index in [2.05, 4.69) is 44.0 Å². The molecule has 3 fully saturated rings. The van der Waals surface area contributed by atoms with Gasteiger partial charge in [-0.2, -0.15) is 23.1 Å². The van der Waals surface area contributed by atoms with Crippen LogP contribution in [0.15, 0.2) is 6.07 Å². The van der Waals surface area contributed by atoms with Crippen molar-refractivity contribution in [3.8, 4) is 23.1 Å². The van der Waals surface area contributed by atoms with E-state index < -0.39 is 34.9 Å². The normalized spacial score (nSPS) is 24.8. The van der Waals surface area contributed by atoms with Crippen LogP contribution in [0.3, 0.4) is 0 Å². The number of aromatic nitrogens is 4. The Labute approximate surface area is 282 Å². The van der Waals surface area contributed by atoms with Gasteiger partial charge in [-0.1, -0.05) is 6.92 Å². The molecule has 6 heterocycles. The zero-order valence-corrected chi connectivity index (χ0v) is 28.4. The number of likely N-dealkylation sites (N-methyl/N-ethyl adjacent to an activating group) is 1. The summed E-state index contributed by atoms with van der Waals surface area (Å²) in [5, 5.41) is 3.73. The van der Waals surface area contributed by atoms with Crippen molar-refractivity contribution in [3.05, 3.63) is 23.1 Å². The Morgan fingerprint density at radius 1 is 1.18 bits per heavy atom. The lowest BCUT2D eigenvalue weighted by Crippen LogP contribution is -2.60. The van der Waals surface area contributed by atoms with Crippen LogP contribution >= 0.6 is 0 Å². The lowest BCUT2D eigenvalue weighted by atomic mass is 10.0. The zero-order valence-electron chi connectivity index (χ0n) is 28.4. The molecule has 15 heteroatoms. The minimum absolute atomic E-state index is 0.0459. The Kier molecular flexibility index (Phi) is 8.97. The molecular formula is C34H44F4N8O3. The van der Waals surface area contributed by atoms with Gasteiger partial charge < -0.3 is 35.1 Å². The average Bonchev–Trinajstić information content (AvgIpc) is 3.83. The SMILES string of the molecule is CC[C@@H]1CN2c3nc(OCC4(CN(C)CC5CCCCO5)CC4)nc4c(F)c(-c5cc(N)nc(C)c5C(F)(F)F)nc(c34)O[C@@H](C)[C@@H]2CN1. The van der Waals surface area contributed by atoms with Gasteiger partial charge in [0.1, 0.15) is 34.3 Å². The van der Waals surface area contributed by atoms with Crippen LogP contribution in [0.1, 0.15) is 63.6 Å². The molecule has 4 atom stereocenters. The maximum absolute atomic E-state index is 16.8. The number of nitrogen functional groups attached to an aromatic ring is 1. The molecule has 4 aliphatic rings. The highest BCUT2D eigenvalue weighted by atomic mass is 19.4. The molecule has 7 rings (SSSR count). The van der Waals surface area contributed by atoms with Gasteiger partial charge in [0.05, 0.1) is 30.0 Å². The number of aryl methyl sites for hydroxylation is 1. The predicted molar refractivity (Wildman–Crippen MR) is 176 cm³/mol. The van der Waals surface area contributed by atoms with Crippen molar-refractivity contribution in [2.75, 3.05) is 57.1 Å². The number of nitrogens with zero attached hydrogens (tertiary/aromatic N) is 6. The van der Waals surface area contributed by atoms with E-state index in [9.17, 15) is 13.2 Å². The molecule has 0 radical (unpaired) electrons. The second-order valence-corrected chi connectivity index (χ2v) is 14.2. The highest BCUT2D eigenvalue weighted by molar-refractivity contribution is 5.97. The van der Waals surface area contributed by atoms with Crippen LogP contribution < -0.4 is 25.4 Å². The van der Waals surface area contributed by atoms with E-state index in [1.165, 1.54) is 13.3 Å². The Balaban J connectivity index is 1.30. The monoisotopic (exact) mass is 688 g/mol. The number of ether oxygens (including phenoxy) is 3. The highest BCUT2D eigenvalue weighted by Crippen LogP contribution is 2.48. The summed E-state index contributed by atoms with van der Waals surface area (Å²) in [5.41, 5.74) is 2.93. The van der Waals surface area contributed by atoms with Gasteiger partial charge in [0.2, 0.25) is 5.88 Å². The van der Waals surface area contributed by atoms with Crippen LogP contribution in [0.2, 0.25) is 0 Å². The lowest BCUT2D eigenvalue weighted by molar-refractivity contribution is -0.137. The second kappa shape index (κ2) is 13.0. The smallest absolute Gasteiger partial charge is 0.418 e. The van der Waals surface area contributed by atoms with E-state index in [-0.39, 0.29) is 57.9 Å². The van der Waals surface area contributed by atoms with Crippen molar-refractivity contribution in [1.82, 2.24) is 30.2 Å². The van der Waals surface area contributed by atoms with Gasteiger partial charge in [0.15, 0.2) is 5.82 Å². The first-order valence-corrected chi connectivity index (χ1v) is 17.2. The molecule has 0 aromatic carbocycles. The molecule has 3 aromatic heterocycles. The second-order valence-electron chi connectivity index (χ2n) is 14.2. The third-order valence-electron chi connectivity index (χ3n) is 10.4. The Bertz CT molecular complexity index is 1720. The summed E-state index contributed by atoms with van der Waals surface area (Å²) < 4.78 is 78.6. The molecule has 1 aliphatic carbocycles. The van der Waals surface area contributed by atoms with E-state index in [0.29, 0.717) is 25.5 Å². The summed E-state index contributed by atoms with van der Waals surface area (Å²) in [7, 11) is 2.09. The van der Waals surface area contributed by atoms with Crippen molar-refractivity contribution >= 4 is 22.5 Å². The molecule has 3 aromatic rings. The Morgan fingerprint density at radius 3 is 2.67 bits per heavy atom. The third-order valence-corrected chi connectivity index (χ3v) is 10.4. The number of nitrogens with one attached hydrogen (secondary N) is 1. The quantitative estimate of drug-likeness (QED) is 0.291. The molecule has 0 amide bonds. The molecule has 266 valence electrons. The fourth-order valence-electron chi connectivity index (χ4n) is 7.59. The first kappa shape index (κ1) is 33.9. The van der Waals surface area contributed by atoms with Crippen LogP contribution in [0, 0.1) is 18.2 Å². The maximum Gasteiger partial charge on any atom is 0.418 e. The molecule has 0 spiro atoms. The summed E-state index contributed by atoms with van der Waals surface area (Å²) in [5.74, 6) is -0.903. The van der Waals surface area contributed by atoms with Gasteiger partial charge in [-0.05, 0) is 65.5 Å². The first-order chi connectivity index (χ1) is 23.4. The molecule has 3 aliphatic heterocycles. The van der Waals surface area contributed by atoms with Gasteiger partial charge in [-0.25, -0.2) is 14.4 Å². The van der Waals surface area contributed by atoms with Gasteiger partial charge in [-0.15, -0.1) is 0 Å². The Hall–Kier alpha value is -3.56. The molecule has 49 heavy (non-hydrogen) atoms. The van der Waals surface area contributed by atoms with E-state index >= 15 is 4.39 Å². The van der Waals surface area contributed by atoms with E-state index in [0.717, 1.165) is 57.9 Å². The highest BCUT2D eigenvalue weighted by Gasteiger charge is 2.46. The maximum atomic E-state index is 16.8. The van der Waals surface area contributed by atoms with Crippen molar-refractivity contribution < 1.29 is 31.8 Å². The predicted octanol–water partition coefficient (Wildman–Crippen LogP) is 5.13. The number of hydrogen-bond acceptors (Lipinski definition) is 11. The summed E-state index contributed by atoms with van der Waals surface area (Å²) in [4.78, 5) is 21.9. The van der Waals surface area contributed by atoms with Crippen LogP contribution in [-0.2, 0) is 10.9 Å². The number of halogens is 4. The van der Waals surface area contributed by atoms with Crippen molar-refractivity contribution in [1.29, 1.82) is 0 Å². The minimum atomic E-state index is -4.85. The van der Waals surface area contributed by atoms with Gasteiger partial charge in [-0.3, -0.25) is 0 Å². The molecule has 1 unspecified atom stereocenters. The van der Waals surface area contributed by atoms with Crippen molar-refractivity contribution in [2.24, 2.45) is 5.41 Å². The number of rotatable bonds is 9. The number of pyridine rings is 2. The number of hydrogen-bond donors (Lipinski definition) is 2. The summed E-state index contributed by atoms with van der Waals surface area (Å²) >= 11 is 0. The van der Waals surface area contributed by atoms with Crippen LogP contribution in [0.5, 0.6) is 11.9 Å². The molecule has 0 bridgehead atoms. The summed E-state index contributed by atoms with van der Waals surface area (Å²) in [6, 6.07) is 0.858. The van der Waals surface area contributed by atoms with Gasteiger partial charge in [0, 0.05) is 49.8 Å². The van der Waals surface area contributed by atoms with E-state index in [1.54, 1.807) is 0 Å². The third kappa shape index (κ3) is 6.68. The fourth-order valence-corrected chi connectivity index (χ4v) is 7.59. The number of anilines is 2. The van der Waals surface area contributed by atoms with Crippen LogP contribution in [0.4, 0.5) is 29.2 Å². The first-order valence-electron chi connectivity index (χ1n) is 17.2. The molecule has 11 nitrogen and oxygen atoms in total. The number of alkyl halides is 3. The fraction of sp³-hybridized carbons (Fsp3) is 0.647. The molecule has 3 N–H and O–H groups in total. The number of fused-ring (bicyclic) bond motifs is 2. The topological polar surface area (TPSA) is 124 Å². The molecule has 1 saturated carbocycles. The Morgan fingerprint density at radius 2 is 1.98 bits per heavy atom. The molecule has 2 saturated heterocycles. The van der Waals surface area contributed by atoms with Gasteiger partial charge >= 0.3 is 12.2 Å². The minimum Gasteiger partial charge on any atom is -0.472 e. The molecular weight excluding hydrogens is 644 g/mol. The van der Waals surface area contributed by atoms with Crippen LogP contribution in [0.25, 0.3) is 22.2 Å². The number of nitrogens with two attached hydrogens (primary N) is 1. The van der Waals surface area contributed by atoms with Crippen LogP contribution in [-0.4, -0.2) is 95.6 Å². The van der Waals surface area contributed by atoms with Crippen molar-refractivity contribution in [2.45, 2.75) is 89.8 Å². The van der Waals surface area contributed by atoms with Gasteiger partial charge in [0.25, 0.3) is 0 Å². The zero-order chi connectivity index (χ0) is 34.7. The van der Waals surface area contributed by atoms with Crippen molar-refractivity contribution in [3.63, 3.8) is 0 Å². The summed E-state index contributed by atoms with van der Waals surface area (Å²) in [6.07, 6.45) is 0.989. The van der Waals surface area contributed by atoms with E-state index in [1.807, 2.05) is 6.92 Å².